The van der Waals surface area contributed by atoms with E-state index in [1.54, 1.807) is 13.1 Å². The molecule has 1 aliphatic heterocycles. The van der Waals surface area contributed by atoms with Crippen LogP contribution < -0.4 is 11.2 Å². The van der Waals surface area contributed by atoms with Crippen molar-refractivity contribution in [1.29, 1.82) is 0 Å². The van der Waals surface area contributed by atoms with Gasteiger partial charge in [-0.25, -0.2) is 4.79 Å². The van der Waals surface area contributed by atoms with E-state index in [9.17, 15) is 9.59 Å². The molecule has 9 heteroatoms. The van der Waals surface area contributed by atoms with Crippen LogP contribution in [-0.2, 0) is 9.26 Å². The van der Waals surface area contributed by atoms with E-state index >= 15 is 0 Å². The predicted molar refractivity (Wildman–Crippen MR) is 86.0 cm³/mol. The molecular weight excluding hydrogens is 317 g/mol. The molecule has 0 amide bonds. The minimum Gasteiger partial charge on any atom is -0.352 e. The average Bonchev–Trinajstić information content (AvgIpc) is 2.72. The normalized spacial score (nSPS) is 26.4. The molecule has 0 bridgehead atoms. The molecule has 5 atom stereocenters. The van der Waals surface area contributed by atoms with Gasteiger partial charge in [0.1, 0.15) is 6.23 Å². The molecule has 1 aliphatic rings. The Hall–Kier alpha value is -0.110. The number of aromatic amines is 1. The number of aryl methyl sites for hydroxylation is 1. The molecule has 1 aromatic rings. The second-order valence-corrected chi connectivity index (χ2v) is 10.8. The van der Waals surface area contributed by atoms with Gasteiger partial charge in [-0.05, 0) is 19.3 Å². The van der Waals surface area contributed by atoms with Crippen LogP contribution in [0.1, 0.15) is 25.1 Å². The standard InChI is InChI=1S/C11H19N2O4P3/c1-6-3-9(17-8(6)5-16-20(18)19)13-4-7(2)10(14)12-11(13)15/h4,6,8-9H,3,5,18-19H2,1-2H3,(H,12,14,15)/t6?,8-,9-/m1/s1. The molecule has 1 N–H and O–H groups in total. The molecule has 6 nitrogen and oxygen atoms in total. The van der Waals surface area contributed by atoms with Crippen LogP contribution in [0.4, 0.5) is 0 Å². The maximum absolute atomic E-state index is 11.9. The van der Waals surface area contributed by atoms with Crippen molar-refractivity contribution in [2.75, 3.05) is 6.61 Å². The molecular formula is C11H19N2O4P3. The third kappa shape index (κ3) is 3.75. The van der Waals surface area contributed by atoms with Gasteiger partial charge in [0, 0.05) is 11.8 Å². The Labute approximate surface area is 122 Å². The Bertz CT molecular complexity index is 586. The topological polar surface area (TPSA) is 73.3 Å². The molecule has 1 fully saturated rings. The van der Waals surface area contributed by atoms with Crippen molar-refractivity contribution in [2.45, 2.75) is 32.6 Å². The van der Waals surface area contributed by atoms with Crippen molar-refractivity contribution in [2.24, 2.45) is 5.92 Å². The third-order valence-corrected chi connectivity index (χ3v) is 4.73. The molecule has 0 aliphatic carbocycles. The largest absolute Gasteiger partial charge is 0.352 e. The molecule has 2 heterocycles. The van der Waals surface area contributed by atoms with E-state index in [1.807, 2.05) is 0 Å². The number of nitrogens with one attached hydrogen (secondary N) is 1. The smallest absolute Gasteiger partial charge is 0.330 e. The second kappa shape index (κ2) is 6.77. The first-order chi connectivity index (χ1) is 9.38. The van der Waals surface area contributed by atoms with Crippen LogP contribution in [0.3, 0.4) is 0 Å². The Morgan fingerprint density at radius 3 is 2.90 bits per heavy atom. The van der Waals surface area contributed by atoms with Gasteiger partial charge >= 0.3 is 5.69 Å². The lowest BCUT2D eigenvalue weighted by Crippen LogP contribution is -2.33. The summed E-state index contributed by atoms with van der Waals surface area (Å²) in [6, 6.07) is 0. The summed E-state index contributed by atoms with van der Waals surface area (Å²) in [7, 11) is 4.62. The van der Waals surface area contributed by atoms with Crippen LogP contribution in [-0.4, -0.2) is 22.3 Å². The van der Waals surface area contributed by atoms with Gasteiger partial charge in [0.25, 0.3) is 5.56 Å². The highest BCUT2D eigenvalue weighted by atomic mass is 32.4. The summed E-state index contributed by atoms with van der Waals surface area (Å²) in [6.45, 7) is 4.25. The summed E-state index contributed by atoms with van der Waals surface area (Å²) in [5, 5.41) is 0. The van der Waals surface area contributed by atoms with Gasteiger partial charge < -0.3 is 9.26 Å². The molecule has 3 unspecified atom stereocenters. The summed E-state index contributed by atoms with van der Waals surface area (Å²) in [5.41, 5.74) is -0.286. The van der Waals surface area contributed by atoms with Gasteiger partial charge in [-0.15, -0.1) is 0 Å². The minimum absolute atomic E-state index is 0.0368. The highest BCUT2D eigenvalue weighted by molar-refractivity contribution is 8.41. The van der Waals surface area contributed by atoms with Gasteiger partial charge in [-0.3, -0.25) is 14.3 Å². The highest BCUT2D eigenvalue weighted by Gasteiger charge is 2.34. The van der Waals surface area contributed by atoms with Crippen molar-refractivity contribution < 1.29 is 9.26 Å². The van der Waals surface area contributed by atoms with E-state index in [1.165, 1.54) is 4.57 Å². The van der Waals surface area contributed by atoms with Crippen LogP contribution in [0.2, 0.25) is 0 Å². The Kier molecular flexibility index (Phi) is 5.50. The summed E-state index contributed by atoms with van der Waals surface area (Å²) in [6.07, 6.45) is 1.90. The predicted octanol–water partition coefficient (Wildman–Crippen LogP) is 1.76. The number of H-pyrrole nitrogens is 1. The van der Waals surface area contributed by atoms with Crippen molar-refractivity contribution in [3.8, 4) is 0 Å². The van der Waals surface area contributed by atoms with E-state index in [-0.39, 0.29) is 17.9 Å². The zero-order valence-electron chi connectivity index (χ0n) is 11.4. The van der Waals surface area contributed by atoms with Crippen molar-refractivity contribution in [3.63, 3.8) is 0 Å². The summed E-state index contributed by atoms with van der Waals surface area (Å²) < 4.78 is 12.9. The Morgan fingerprint density at radius 1 is 1.55 bits per heavy atom. The zero-order valence-corrected chi connectivity index (χ0v) is 14.6. The third-order valence-electron chi connectivity index (χ3n) is 3.38. The Morgan fingerprint density at radius 2 is 2.25 bits per heavy atom. The van der Waals surface area contributed by atoms with E-state index in [4.69, 9.17) is 9.26 Å². The summed E-state index contributed by atoms with van der Waals surface area (Å²) in [5.74, 6) is 0.295. The first-order valence-electron chi connectivity index (χ1n) is 6.28. The first kappa shape index (κ1) is 16.3. The van der Waals surface area contributed by atoms with Crippen molar-refractivity contribution >= 4 is 25.4 Å². The summed E-state index contributed by atoms with van der Waals surface area (Å²) in [4.78, 5) is 25.5. The van der Waals surface area contributed by atoms with Crippen LogP contribution in [0.5, 0.6) is 0 Å². The SMILES string of the molecule is Cc1cn([C@H]2CC(C)[C@@H](COP(P)P)O2)c(=O)[nH]c1=O. The second-order valence-electron chi connectivity index (χ2n) is 4.98. The number of hydrogen-bond acceptors (Lipinski definition) is 4. The fraction of sp³-hybridized carbons (Fsp3) is 0.636. The molecule has 2 rings (SSSR count). The first-order valence-corrected chi connectivity index (χ1v) is 10.8. The minimum atomic E-state index is -0.583. The lowest BCUT2D eigenvalue weighted by atomic mass is 10.0. The van der Waals surface area contributed by atoms with Crippen LogP contribution in [0, 0.1) is 12.8 Å². The van der Waals surface area contributed by atoms with E-state index in [0.29, 0.717) is 18.1 Å². The van der Waals surface area contributed by atoms with Gasteiger partial charge in [0.15, 0.2) is 0 Å². The number of hydrogen-bond donors (Lipinski definition) is 1. The monoisotopic (exact) mass is 336 g/mol. The molecule has 1 aromatic heterocycles. The number of aromatic nitrogens is 2. The van der Waals surface area contributed by atoms with Gasteiger partial charge in [0.2, 0.25) is 0 Å². The van der Waals surface area contributed by atoms with E-state index < -0.39 is 13.2 Å². The van der Waals surface area contributed by atoms with Crippen LogP contribution in [0.15, 0.2) is 15.8 Å². The lowest BCUT2D eigenvalue weighted by molar-refractivity contribution is -0.0241. The number of rotatable bonds is 4. The van der Waals surface area contributed by atoms with Crippen molar-refractivity contribution in [3.05, 3.63) is 32.6 Å². The van der Waals surface area contributed by atoms with E-state index in [2.05, 4.69) is 29.8 Å². The molecule has 0 radical (unpaired) electrons. The molecule has 112 valence electrons. The lowest BCUT2D eigenvalue weighted by Gasteiger charge is -2.17. The maximum Gasteiger partial charge on any atom is 0.330 e. The average molecular weight is 336 g/mol. The maximum atomic E-state index is 11.9. The molecule has 20 heavy (non-hydrogen) atoms. The number of nitrogens with zero attached hydrogens (tertiary/aromatic N) is 1. The molecule has 0 aromatic carbocycles. The summed E-state index contributed by atoms with van der Waals surface area (Å²) >= 11 is 0. The van der Waals surface area contributed by atoms with Crippen molar-refractivity contribution in [1.82, 2.24) is 9.55 Å². The molecule has 1 saturated heterocycles. The van der Waals surface area contributed by atoms with Crippen LogP contribution >= 0.6 is 25.4 Å². The molecule has 0 saturated carbocycles. The fourth-order valence-corrected chi connectivity index (χ4v) is 3.04. The van der Waals surface area contributed by atoms with Gasteiger partial charge in [0.05, 0.1) is 20.2 Å². The quantitative estimate of drug-likeness (QED) is 0.851. The van der Waals surface area contributed by atoms with Crippen LogP contribution in [0.25, 0.3) is 0 Å². The Balaban J connectivity index is 2.14. The zero-order chi connectivity index (χ0) is 14.9. The van der Waals surface area contributed by atoms with E-state index in [0.717, 1.165) is 6.42 Å². The fourth-order valence-electron chi connectivity index (χ4n) is 2.20. The molecule has 0 spiro atoms. The van der Waals surface area contributed by atoms with Gasteiger partial charge in [-0.1, -0.05) is 24.8 Å². The van der Waals surface area contributed by atoms with Gasteiger partial charge in [-0.2, -0.15) is 0 Å². The highest BCUT2D eigenvalue weighted by Crippen LogP contribution is 2.54. The number of ether oxygens (including phenoxy) is 1.